The number of ether oxygens (including phenoxy) is 1. The summed E-state index contributed by atoms with van der Waals surface area (Å²) < 4.78 is 5.56. The van der Waals surface area contributed by atoms with Crippen LogP contribution in [-0.2, 0) is 11.3 Å². The fourth-order valence-electron chi connectivity index (χ4n) is 2.35. The third-order valence-electron chi connectivity index (χ3n) is 4.13. The van der Waals surface area contributed by atoms with Crippen molar-refractivity contribution in [1.29, 1.82) is 0 Å². The van der Waals surface area contributed by atoms with Crippen molar-refractivity contribution in [2.45, 2.75) is 19.4 Å². The largest absolute Gasteiger partial charge is 0.484 e. The van der Waals surface area contributed by atoms with Crippen LogP contribution in [0.1, 0.15) is 24.0 Å². The van der Waals surface area contributed by atoms with Gasteiger partial charge in [-0.25, -0.2) is 0 Å². The number of likely N-dealkylation sites (N-methyl/N-ethyl adjacent to an activating group) is 1. The zero-order valence-corrected chi connectivity index (χ0v) is 17.2. The summed E-state index contributed by atoms with van der Waals surface area (Å²) >= 11 is 1.71. The molecule has 0 radical (unpaired) electrons. The highest BCUT2D eigenvalue weighted by Gasteiger charge is 2.08. The Hall–Kier alpha value is -2.54. The molecule has 1 amide bonds. The van der Waals surface area contributed by atoms with E-state index in [0.29, 0.717) is 18.2 Å². The highest BCUT2D eigenvalue weighted by Crippen LogP contribution is 2.17. The molecule has 7 heteroatoms. The van der Waals surface area contributed by atoms with Gasteiger partial charge in [0.1, 0.15) is 5.75 Å². The van der Waals surface area contributed by atoms with Crippen molar-refractivity contribution in [2.24, 2.45) is 4.99 Å². The van der Waals surface area contributed by atoms with Crippen LogP contribution in [0, 0.1) is 0 Å². The Morgan fingerprint density at radius 3 is 2.78 bits per heavy atom. The second kappa shape index (κ2) is 10.6. The predicted molar refractivity (Wildman–Crippen MR) is 112 cm³/mol. The standard InChI is InChI=1S/C20H28N4O2S/c1-15(17-8-9-27-14-17)11-22-20(21-2)23-12-16-6-5-7-18(10-16)26-13-19(25)24(3)4/h5-10,14-15H,11-13H2,1-4H3,(H2,21,22,23). The molecule has 27 heavy (non-hydrogen) atoms. The van der Waals surface area contributed by atoms with E-state index in [1.54, 1.807) is 32.5 Å². The van der Waals surface area contributed by atoms with Crippen molar-refractivity contribution < 1.29 is 9.53 Å². The number of benzene rings is 1. The Balaban J connectivity index is 1.81. The van der Waals surface area contributed by atoms with Crippen LogP contribution in [0.25, 0.3) is 0 Å². The summed E-state index contributed by atoms with van der Waals surface area (Å²) in [5.41, 5.74) is 2.39. The van der Waals surface area contributed by atoms with Crippen molar-refractivity contribution in [3.8, 4) is 5.75 Å². The SMILES string of the molecule is CN=C(NCc1cccc(OCC(=O)N(C)C)c1)NCC(C)c1ccsc1. The molecule has 1 atom stereocenters. The number of hydrogen-bond acceptors (Lipinski definition) is 4. The smallest absolute Gasteiger partial charge is 0.259 e. The monoisotopic (exact) mass is 388 g/mol. The van der Waals surface area contributed by atoms with Crippen LogP contribution in [0.2, 0.25) is 0 Å². The predicted octanol–water partition coefficient (Wildman–Crippen LogP) is 2.68. The van der Waals surface area contributed by atoms with Gasteiger partial charge in [0.15, 0.2) is 12.6 Å². The van der Waals surface area contributed by atoms with E-state index < -0.39 is 0 Å². The molecule has 6 nitrogen and oxygen atoms in total. The fraction of sp³-hybridized carbons (Fsp3) is 0.400. The molecule has 0 spiro atoms. The first kappa shape index (κ1) is 20.8. The van der Waals surface area contributed by atoms with Crippen LogP contribution in [0.15, 0.2) is 46.1 Å². The molecular formula is C20H28N4O2S. The number of nitrogens with one attached hydrogen (secondary N) is 2. The summed E-state index contributed by atoms with van der Waals surface area (Å²) in [6.07, 6.45) is 0. The minimum Gasteiger partial charge on any atom is -0.484 e. The normalized spacial score (nSPS) is 12.4. The molecule has 0 bridgehead atoms. The highest BCUT2D eigenvalue weighted by molar-refractivity contribution is 7.07. The Labute approximate surface area is 165 Å². The number of carbonyl (C=O) groups excluding carboxylic acids is 1. The maximum absolute atomic E-state index is 11.6. The van der Waals surface area contributed by atoms with E-state index in [1.807, 2.05) is 24.3 Å². The Kier molecular flexibility index (Phi) is 8.13. The van der Waals surface area contributed by atoms with E-state index in [4.69, 9.17) is 4.74 Å². The molecule has 0 aliphatic carbocycles. The average molecular weight is 389 g/mol. The second-order valence-corrected chi connectivity index (χ2v) is 7.27. The summed E-state index contributed by atoms with van der Waals surface area (Å²) in [5, 5.41) is 10.9. The van der Waals surface area contributed by atoms with Gasteiger partial charge in [-0.2, -0.15) is 11.3 Å². The van der Waals surface area contributed by atoms with E-state index in [1.165, 1.54) is 10.5 Å². The summed E-state index contributed by atoms with van der Waals surface area (Å²) in [7, 11) is 5.19. The lowest BCUT2D eigenvalue weighted by atomic mass is 10.1. The lowest BCUT2D eigenvalue weighted by Gasteiger charge is -2.16. The van der Waals surface area contributed by atoms with Crippen LogP contribution in [0.5, 0.6) is 5.75 Å². The lowest BCUT2D eigenvalue weighted by Crippen LogP contribution is -2.38. The van der Waals surface area contributed by atoms with E-state index in [2.05, 4.69) is 39.4 Å². The zero-order chi connectivity index (χ0) is 19.6. The third-order valence-corrected chi connectivity index (χ3v) is 4.83. The number of amides is 1. The lowest BCUT2D eigenvalue weighted by molar-refractivity contribution is -0.130. The highest BCUT2D eigenvalue weighted by atomic mass is 32.1. The Morgan fingerprint density at radius 1 is 1.30 bits per heavy atom. The quantitative estimate of drug-likeness (QED) is 0.539. The molecular weight excluding hydrogens is 360 g/mol. The molecule has 0 saturated carbocycles. The van der Waals surface area contributed by atoms with Gasteiger partial charge >= 0.3 is 0 Å². The van der Waals surface area contributed by atoms with Gasteiger partial charge in [0.25, 0.3) is 5.91 Å². The van der Waals surface area contributed by atoms with E-state index in [9.17, 15) is 4.79 Å². The van der Waals surface area contributed by atoms with Crippen LogP contribution in [-0.4, -0.2) is 51.1 Å². The van der Waals surface area contributed by atoms with Crippen molar-refractivity contribution in [3.63, 3.8) is 0 Å². The van der Waals surface area contributed by atoms with E-state index >= 15 is 0 Å². The van der Waals surface area contributed by atoms with Gasteiger partial charge in [-0.15, -0.1) is 0 Å². The van der Waals surface area contributed by atoms with Crippen LogP contribution in [0.3, 0.4) is 0 Å². The number of guanidine groups is 1. The molecule has 2 aromatic rings. The molecule has 2 N–H and O–H groups in total. The Bertz CT molecular complexity index is 744. The molecule has 1 aromatic heterocycles. The van der Waals surface area contributed by atoms with E-state index in [-0.39, 0.29) is 12.5 Å². The summed E-state index contributed by atoms with van der Waals surface area (Å²) in [6, 6.07) is 9.86. The minimum absolute atomic E-state index is 0.0353. The molecule has 1 unspecified atom stereocenters. The molecule has 0 aliphatic heterocycles. The number of carbonyl (C=O) groups is 1. The van der Waals surface area contributed by atoms with Gasteiger partial charge in [0, 0.05) is 34.2 Å². The topological polar surface area (TPSA) is 66.0 Å². The van der Waals surface area contributed by atoms with Crippen LogP contribution in [0.4, 0.5) is 0 Å². The molecule has 0 fully saturated rings. The number of aliphatic imine (C=N–C) groups is 1. The van der Waals surface area contributed by atoms with Crippen molar-refractivity contribution in [3.05, 3.63) is 52.2 Å². The fourth-order valence-corrected chi connectivity index (χ4v) is 3.13. The molecule has 146 valence electrons. The third kappa shape index (κ3) is 6.94. The number of thiophene rings is 1. The van der Waals surface area contributed by atoms with Gasteiger partial charge in [-0.1, -0.05) is 19.1 Å². The molecule has 0 aliphatic rings. The van der Waals surface area contributed by atoms with Crippen LogP contribution < -0.4 is 15.4 Å². The molecule has 2 rings (SSSR count). The minimum atomic E-state index is -0.0668. The number of rotatable bonds is 8. The molecule has 0 saturated heterocycles. The Morgan fingerprint density at radius 2 is 2.11 bits per heavy atom. The van der Waals surface area contributed by atoms with Gasteiger partial charge in [-0.05, 0) is 46.0 Å². The van der Waals surface area contributed by atoms with Crippen LogP contribution >= 0.6 is 11.3 Å². The van der Waals surface area contributed by atoms with Crippen molar-refractivity contribution >= 4 is 23.2 Å². The van der Waals surface area contributed by atoms with Gasteiger partial charge in [-0.3, -0.25) is 9.79 Å². The summed E-state index contributed by atoms with van der Waals surface area (Å²) in [5.74, 6) is 1.79. The number of hydrogen-bond donors (Lipinski definition) is 2. The first-order valence-corrected chi connectivity index (χ1v) is 9.82. The first-order valence-electron chi connectivity index (χ1n) is 8.88. The molecule has 1 heterocycles. The molecule has 1 aromatic carbocycles. The van der Waals surface area contributed by atoms with Gasteiger partial charge < -0.3 is 20.3 Å². The summed E-state index contributed by atoms with van der Waals surface area (Å²) in [6.45, 7) is 3.66. The van der Waals surface area contributed by atoms with Crippen molar-refractivity contribution in [1.82, 2.24) is 15.5 Å². The first-order chi connectivity index (χ1) is 13.0. The number of nitrogens with zero attached hydrogens (tertiary/aromatic N) is 2. The van der Waals surface area contributed by atoms with Crippen molar-refractivity contribution in [2.75, 3.05) is 34.3 Å². The van der Waals surface area contributed by atoms with E-state index in [0.717, 1.165) is 18.1 Å². The van der Waals surface area contributed by atoms with Gasteiger partial charge in [0.05, 0.1) is 0 Å². The maximum Gasteiger partial charge on any atom is 0.259 e. The van der Waals surface area contributed by atoms with Gasteiger partial charge in [0.2, 0.25) is 0 Å². The summed E-state index contributed by atoms with van der Waals surface area (Å²) in [4.78, 5) is 17.4. The zero-order valence-electron chi connectivity index (χ0n) is 16.4. The maximum atomic E-state index is 11.6. The average Bonchev–Trinajstić information content (AvgIpc) is 3.21. The second-order valence-electron chi connectivity index (χ2n) is 6.49.